The van der Waals surface area contributed by atoms with Gasteiger partial charge in [-0.2, -0.15) is 0 Å². The van der Waals surface area contributed by atoms with E-state index in [1.54, 1.807) is 0 Å². The molecule has 0 fully saturated rings. The lowest BCUT2D eigenvalue weighted by Crippen LogP contribution is -2.45. The molecule has 4 aromatic rings. The van der Waals surface area contributed by atoms with Crippen LogP contribution in [0.15, 0.2) is 72.8 Å². The Morgan fingerprint density at radius 3 is 1.06 bits per heavy atom. The van der Waals surface area contributed by atoms with Crippen molar-refractivity contribution < 1.29 is 62.1 Å². The van der Waals surface area contributed by atoms with Crippen molar-refractivity contribution >= 4 is 76.0 Å². The Labute approximate surface area is 487 Å². The van der Waals surface area contributed by atoms with Crippen molar-refractivity contribution in [2.24, 2.45) is 34.4 Å². The first-order valence-corrected chi connectivity index (χ1v) is 27.4. The van der Waals surface area contributed by atoms with E-state index in [0.717, 1.165) is 0 Å². The number of hydrogen-bond acceptors (Lipinski definition) is 17. The molecule has 0 radical (unpaired) electrons. The van der Waals surface area contributed by atoms with Gasteiger partial charge in [0.15, 0.2) is 0 Å². The van der Waals surface area contributed by atoms with Gasteiger partial charge in [-0.15, -0.1) is 0 Å². The van der Waals surface area contributed by atoms with Crippen LogP contribution in [0.25, 0.3) is 0 Å². The minimum absolute atomic E-state index is 0.0161. The molecule has 0 aliphatic carbocycles. The van der Waals surface area contributed by atoms with E-state index in [0.29, 0.717) is 71.0 Å². The van der Waals surface area contributed by atoms with Crippen LogP contribution in [-0.4, -0.2) is 132 Å². The van der Waals surface area contributed by atoms with E-state index >= 15 is 0 Å². The van der Waals surface area contributed by atoms with E-state index in [-0.39, 0.29) is 100 Å². The molecule has 456 valence electrons. The minimum atomic E-state index is -1.26. The highest BCUT2D eigenvalue weighted by atomic mass is 16.5. The normalized spacial score (nSPS) is 12.2. The van der Waals surface area contributed by atoms with E-state index in [4.69, 9.17) is 53.3 Å². The summed E-state index contributed by atoms with van der Waals surface area (Å²) in [6, 6.07) is 12.0. The lowest BCUT2D eigenvalue weighted by Gasteiger charge is -2.22. The number of amides is 10. The average molecular weight is 1170 g/mol. The summed E-state index contributed by atoms with van der Waals surface area (Å²) in [5.74, 6) is -5.02. The summed E-state index contributed by atoms with van der Waals surface area (Å²) < 4.78 is 21.7. The molecule has 0 aromatic heterocycles. The van der Waals surface area contributed by atoms with Gasteiger partial charge < -0.3 is 95.9 Å². The molecule has 0 bridgehead atoms. The molecule has 0 saturated heterocycles. The number of methoxy groups -OCH3 is 4. The van der Waals surface area contributed by atoms with Crippen LogP contribution in [0.2, 0.25) is 0 Å². The van der Waals surface area contributed by atoms with E-state index in [2.05, 4.69) is 42.5 Å². The van der Waals surface area contributed by atoms with Gasteiger partial charge in [-0.1, -0.05) is 19.3 Å². The molecule has 0 heterocycles. The smallest absolute Gasteiger partial charge is 0.312 e. The van der Waals surface area contributed by atoms with Crippen LogP contribution in [-0.2, 0) is 19.2 Å². The standard InChI is InChI=1S/C57H80N14O13/c1-81-45-21-17-33(29-37(45)49(62)72)66-54(77)42(14-6-5-9-25-58)69-50(73)39-31-35(19-23-47(39)83-3)67-55(78)43(15-8-11-27-60)70-51(74)40-32-36(20-24-48(40)84-4)68-56(79)44(16-12-28-64-57(63)80)71-52(75)38-30-34(18-22-46(38)82-2)65-53(76)41(61)13-7-10-26-59/h17-24,29-32,41-44H,5-16,25-28,58-61H2,1-4H3,(H2,62,72)(H,65,76)(H,66,77)(H,67,78)(H,68,79)(H,69,73)(H,70,74)(H,71,75)(H3,63,64,80)/t41-,42-,43-,44-/m0/s1. The first-order valence-electron chi connectivity index (χ1n) is 27.4. The molecule has 0 aliphatic rings. The zero-order valence-electron chi connectivity index (χ0n) is 47.8. The van der Waals surface area contributed by atoms with Crippen LogP contribution < -0.4 is 95.9 Å². The predicted octanol–water partition coefficient (Wildman–Crippen LogP) is 2.52. The van der Waals surface area contributed by atoms with Crippen molar-refractivity contribution in [3.05, 3.63) is 95.1 Å². The molecule has 0 aliphatic heterocycles. The Bertz CT molecular complexity index is 2930. The molecule has 0 spiro atoms. The average Bonchev–Trinajstić information content (AvgIpc) is 3.45. The second-order valence-electron chi connectivity index (χ2n) is 19.3. The summed E-state index contributed by atoms with van der Waals surface area (Å²) in [4.78, 5) is 121. The Morgan fingerprint density at radius 1 is 0.405 bits per heavy atom. The molecule has 84 heavy (non-hydrogen) atoms. The van der Waals surface area contributed by atoms with Crippen LogP contribution in [0.4, 0.5) is 27.5 Å². The molecule has 4 rings (SSSR count). The van der Waals surface area contributed by atoms with Gasteiger partial charge >= 0.3 is 6.03 Å². The highest BCUT2D eigenvalue weighted by Gasteiger charge is 2.29. The lowest BCUT2D eigenvalue weighted by molar-refractivity contribution is -0.118. The highest BCUT2D eigenvalue weighted by Crippen LogP contribution is 2.28. The molecule has 4 atom stereocenters. The summed E-state index contributed by atoms with van der Waals surface area (Å²) in [6.45, 7) is 1.23. The van der Waals surface area contributed by atoms with Crippen LogP contribution >= 0.6 is 0 Å². The monoisotopic (exact) mass is 1170 g/mol. The van der Waals surface area contributed by atoms with Gasteiger partial charge in [-0.3, -0.25) is 38.4 Å². The maximum absolute atomic E-state index is 14.3. The van der Waals surface area contributed by atoms with E-state index in [1.165, 1.54) is 101 Å². The first kappa shape index (κ1) is 67.5. The summed E-state index contributed by atoms with van der Waals surface area (Å²) >= 11 is 0. The molecule has 27 nitrogen and oxygen atoms in total. The fourth-order valence-corrected chi connectivity index (χ4v) is 8.63. The highest BCUT2D eigenvalue weighted by molar-refractivity contribution is 6.07. The largest absolute Gasteiger partial charge is 0.496 e. The van der Waals surface area contributed by atoms with E-state index < -0.39 is 77.5 Å². The van der Waals surface area contributed by atoms with Gasteiger partial charge in [0, 0.05) is 29.3 Å². The molecule has 20 N–H and O–H groups in total. The maximum atomic E-state index is 14.3. The zero-order chi connectivity index (χ0) is 61.7. The van der Waals surface area contributed by atoms with Crippen molar-refractivity contribution in [1.29, 1.82) is 0 Å². The summed E-state index contributed by atoms with van der Waals surface area (Å²) in [5, 5.41) is 21.6. The van der Waals surface area contributed by atoms with Crippen molar-refractivity contribution in [3.8, 4) is 23.0 Å². The number of benzene rings is 4. The summed E-state index contributed by atoms with van der Waals surface area (Å²) in [5.41, 5.74) is 34.5. The molecular formula is C57H80N14O13. The number of primary amides is 2. The van der Waals surface area contributed by atoms with Crippen LogP contribution in [0.1, 0.15) is 118 Å². The van der Waals surface area contributed by atoms with Crippen molar-refractivity contribution in [1.82, 2.24) is 21.3 Å². The number of rotatable bonds is 36. The Kier molecular flexibility index (Phi) is 28.2. The number of anilines is 4. The molecule has 27 heteroatoms. The number of carbonyl (C=O) groups is 9. The number of hydrogen-bond donors (Lipinski definition) is 14. The SMILES string of the molecule is COc1ccc(NC(=O)[C@H](CCCCCN)NC(=O)c2cc(NC(=O)[C@H](CCCCN)NC(=O)c3cc(NC(=O)[C@H](CCCNC(N)=O)NC(=O)c4cc(NC(=O)[C@@H](N)CCCCN)ccc4OC)ccc3OC)ccc2OC)cc1C(N)=O. The lowest BCUT2D eigenvalue weighted by atomic mass is 10.0. The Morgan fingerprint density at radius 2 is 0.714 bits per heavy atom. The summed E-state index contributed by atoms with van der Waals surface area (Å²) in [7, 11) is 5.38. The van der Waals surface area contributed by atoms with Gasteiger partial charge in [-0.05, 0) is 150 Å². The third-order valence-corrected chi connectivity index (χ3v) is 13.2. The van der Waals surface area contributed by atoms with Gasteiger partial charge in [0.1, 0.15) is 41.1 Å². The van der Waals surface area contributed by atoms with Crippen LogP contribution in [0.5, 0.6) is 23.0 Å². The molecular weight excluding hydrogens is 1090 g/mol. The minimum Gasteiger partial charge on any atom is -0.496 e. The topological polar surface area (TPSA) is 443 Å². The second-order valence-corrected chi connectivity index (χ2v) is 19.3. The van der Waals surface area contributed by atoms with E-state index in [9.17, 15) is 43.2 Å². The number of carbonyl (C=O) groups excluding carboxylic acids is 9. The van der Waals surface area contributed by atoms with Crippen LogP contribution in [0.3, 0.4) is 0 Å². The fraction of sp³-hybridized carbons (Fsp3) is 0.421. The number of unbranched alkanes of at least 4 members (excludes halogenated alkanes) is 4. The zero-order valence-corrected chi connectivity index (χ0v) is 47.8. The van der Waals surface area contributed by atoms with Gasteiger partial charge in [0.05, 0.1) is 56.7 Å². The van der Waals surface area contributed by atoms with E-state index in [1.807, 2.05) is 0 Å². The fourth-order valence-electron chi connectivity index (χ4n) is 8.63. The number of ether oxygens (including phenoxy) is 4. The van der Waals surface area contributed by atoms with Crippen molar-refractivity contribution in [2.75, 3.05) is 75.9 Å². The quantitative estimate of drug-likeness (QED) is 0.0291. The summed E-state index contributed by atoms with van der Waals surface area (Å²) in [6.07, 6.45) is 4.98. The third kappa shape index (κ3) is 21.0. The molecule has 0 saturated carbocycles. The number of urea groups is 1. The Hall–Kier alpha value is -9.05. The number of nitrogens with one attached hydrogen (secondary N) is 8. The Balaban J connectivity index is 1.57. The maximum Gasteiger partial charge on any atom is 0.312 e. The van der Waals surface area contributed by atoms with Crippen LogP contribution in [0, 0.1) is 0 Å². The second kappa shape index (κ2) is 35.1. The van der Waals surface area contributed by atoms with Gasteiger partial charge in [-0.25, -0.2) is 4.79 Å². The molecule has 10 amide bonds. The third-order valence-electron chi connectivity index (χ3n) is 13.2. The predicted molar refractivity (Wildman–Crippen MR) is 317 cm³/mol. The van der Waals surface area contributed by atoms with Gasteiger partial charge in [0.2, 0.25) is 23.6 Å². The van der Waals surface area contributed by atoms with Crippen molar-refractivity contribution in [2.45, 2.75) is 101 Å². The first-order chi connectivity index (χ1) is 40.3. The van der Waals surface area contributed by atoms with Gasteiger partial charge in [0.25, 0.3) is 23.6 Å². The van der Waals surface area contributed by atoms with Crippen molar-refractivity contribution in [3.63, 3.8) is 0 Å². The molecule has 4 aromatic carbocycles. The number of nitrogens with two attached hydrogens (primary N) is 6. The molecule has 0 unspecified atom stereocenters.